The first-order valence-corrected chi connectivity index (χ1v) is 9.26. The molecular weight excluding hydrogens is 389 g/mol. The average molecular weight is 410 g/mol. The lowest BCUT2D eigenvalue weighted by Crippen LogP contribution is -2.54. The van der Waals surface area contributed by atoms with Gasteiger partial charge in [-0.15, -0.1) is 0 Å². The summed E-state index contributed by atoms with van der Waals surface area (Å²) in [7, 11) is 0. The first-order valence-electron chi connectivity index (χ1n) is 9.26. The Hall–Kier alpha value is -2.84. The van der Waals surface area contributed by atoms with E-state index in [9.17, 15) is 32.7 Å². The Labute approximate surface area is 165 Å². The van der Waals surface area contributed by atoms with Gasteiger partial charge in [-0.2, -0.15) is 13.2 Å². The highest BCUT2D eigenvalue weighted by atomic mass is 19.4. The molecule has 0 spiro atoms. The second kappa shape index (κ2) is 7.88. The topological polar surface area (TPSA) is 86.7 Å². The molecule has 0 saturated carbocycles. The summed E-state index contributed by atoms with van der Waals surface area (Å²) in [5, 5.41) is 11.9. The number of carboxylic acids is 1. The quantitative estimate of drug-likeness (QED) is 0.750. The van der Waals surface area contributed by atoms with E-state index in [0.29, 0.717) is 19.3 Å². The van der Waals surface area contributed by atoms with E-state index < -0.39 is 41.6 Å². The van der Waals surface area contributed by atoms with Crippen LogP contribution in [0.5, 0.6) is 0 Å². The monoisotopic (exact) mass is 410 g/mol. The Kier molecular flexibility index (Phi) is 5.68. The van der Waals surface area contributed by atoms with Crippen LogP contribution in [-0.4, -0.2) is 45.9 Å². The second-order valence-corrected chi connectivity index (χ2v) is 7.43. The van der Waals surface area contributed by atoms with Crippen LogP contribution in [0.4, 0.5) is 13.2 Å². The number of benzene rings is 1. The highest BCUT2D eigenvalue weighted by Crippen LogP contribution is 2.32. The predicted octanol–water partition coefficient (Wildman–Crippen LogP) is 2.99. The van der Waals surface area contributed by atoms with E-state index in [1.165, 1.54) is 11.0 Å². The lowest BCUT2D eigenvalue weighted by molar-refractivity contribution is -0.150. The van der Waals surface area contributed by atoms with Gasteiger partial charge in [0.2, 0.25) is 5.91 Å². The smallest absolute Gasteiger partial charge is 0.416 e. The van der Waals surface area contributed by atoms with Crippen molar-refractivity contribution in [3.8, 4) is 0 Å². The molecule has 3 rings (SSSR count). The first kappa shape index (κ1) is 20.9. The minimum atomic E-state index is -4.59. The number of aliphatic carboxylic acids is 1. The number of carboxylic acid groups (broad SMARTS) is 1. The van der Waals surface area contributed by atoms with Crippen molar-refractivity contribution in [2.24, 2.45) is 0 Å². The van der Waals surface area contributed by atoms with Crippen molar-refractivity contribution in [1.29, 1.82) is 0 Å². The van der Waals surface area contributed by atoms with Crippen LogP contribution >= 0.6 is 0 Å². The summed E-state index contributed by atoms with van der Waals surface area (Å²) < 4.78 is 38.7. The molecule has 29 heavy (non-hydrogen) atoms. The van der Waals surface area contributed by atoms with Crippen molar-refractivity contribution in [2.75, 3.05) is 0 Å². The van der Waals surface area contributed by atoms with Crippen molar-refractivity contribution in [2.45, 2.75) is 56.9 Å². The molecule has 0 aliphatic carbocycles. The number of rotatable bonds is 3. The third-order valence-corrected chi connectivity index (χ3v) is 5.36. The standard InChI is InChI=1S/C20H21F3N2O4/c1-11-5-7-15(18(27)25-14(9-11)6-8-16(25)19(28)29)24-17(26)12-3-2-4-13(10-12)20(21,22)23/h2-5,10,14-16H,6-9H2,1H3,(H,24,26)(H,28,29)/t14-,15+,16+/m1/s1. The van der Waals surface area contributed by atoms with Gasteiger partial charge in [-0.05, 0) is 50.8 Å². The van der Waals surface area contributed by atoms with Gasteiger partial charge >= 0.3 is 12.1 Å². The Morgan fingerprint density at radius 3 is 2.62 bits per heavy atom. The zero-order valence-corrected chi connectivity index (χ0v) is 15.7. The van der Waals surface area contributed by atoms with E-state index in [-0.39, 0.29) is 18.0 Å². The lowest BCUT2D eigenvalue weighted by atomic mass is 9.99. The molecule has 2 aliphatic heterocycles. The highest BCUT2D eigenvalue weighted by molar-refractivity contribution is 5.98. The van der Waals surface area contributed by atoms with Crippen LogP contribution in [0.15, 0.2) is 35.9 Å². The Morgan fingerprint density at radius 1 is 1.24 bits per heavy atom. The van der Waals surface area contributed by atoms with Gasteiger partial charge in [0.05, 0.1) is 5.56 Å². The largest absolute Gasteiger partial charge is 0.480 e. The molecule has 2 N–H and O–H groups in total. The van der Waals surface area contributed by atoms with Crippen LogP contribution in [0.2, 0.25) is 0 Å². The fourth-order valence-electron chi connectivity index (χ4n) is 3.91. The molecule has 1 fully saturated rings. The Bertz CT molecular complexity index is 866. The van der Waals surface area contributed by atoms with E-state index >= 15 is 0 Å². The molecule has 2 amide bonds. The maximum Gasteiger partial charge on any atom is 0.416 e. The van der Waals surface area contributed by atoms with Crippen LogP contribution in [-0.2, 0) is 15.8 Å². The Morgan fingerprint density at radius 2 is 1.97 bits per heavy atom. The number of nitrogens with zero attached hydrogens (tertiary/aromatic N) is 1. The van der Waals surface area contributed by atoms with Crippen LogP contribution in [0.1, 0.15) is 48.5 Å². The van der Waals surface area contributed by atoms with Crippen LogP contribution in [0.3, 0.4) is 0 Å². The van der Waals surface area contributed by atoms with E-state index in [0.717, 1.165) is 23.8 Å². The summed E-state index contributed by atoms with van der Waals surface area (Å²) in [5.74, 6) is -2.45. The molecule has 0 aromatic heterocycles. The number of hydrogen-bond acceptors (Lipinski definition) is 3. The van der Waals surface area contributed by atoms with Gasteiger partial charge in [-0.1, -0.05) is 17.7 Å². The van der Waals surface area contributed by atoms with E-state index in [1.807, 2.05) is 6.92 Å². The third kappa shape index (κ3) is 4.44. The number of hydrogen-bond donors (Lipinski definition) is 2. The normalized spacial score (nSPS) is 25.0. The molecule has 156 valence electrons. The van der Waals surface area contributed by atoms with Crippen LogP contribution < -0.4 is 5.32 Å². The molecule has 0 radical (unpaired) electrons. The van der Waals surface area contributed by atoms with Gasteiger partial charge in [-0.3, -0.25) is 9.59 Å². The summed E-state index contributed by atoms with van der Waals surface area (Å²) in [6.07, 6.45) is -1.21. The maximum atomic E-state index is 13.0. The van der Waals surface area contributed by atoms with Crippen molar-refractivity contribution in [3.05, 3.63) is 47.0 Å². The number of carbonyl (C=O) groups is 3. The summed E-state index contributed by atoms with van der Waals surface area (Å²) in [5.41, 5.74) is -0.213. The van der Waals surface area contributed by atoms with Gasteiger partial charge in [0.25, 0.3) is 5.91 Å². The Balaban J connectivity index is 1.85. The number of nitrogens with one attached hydrogen (secondary N) is 1. The molecule has 2 heterocycles. The number of halogens is 3. The number of carbonyl (C=O) groups excluding carboxylic acids is 2. The first-order chi connectivity index (χ1) is 13.6. The number of fused-ring (bicyclic) bond motifs is 1. The van der Waals surface area contributed by atoms with Gasteiger partial charge in [-0.25, -0.2) is 4.79 Å². The summed E-state index contributed by atoms with van der Waals surface area (Å²) in [6, 6.07) is 1.66. The predicted molar refractivity (Wildman–Crippen MR) is 97.0 cm³/mol. The summed E-state index contributed by atoms with van der Waals surface area (Å²) in [6.45, 7) is 1.87. The van der Waals surface area contributed by atoms with Crippen molar-refractivity contribution < 1.29 is 32.7 Å². The SMILES string of the molecule is CC1=CC[C@H](NC(=O)c2cccc(C(F)(F)F)c2)C(=O)N2[C@H](CC[C@H]2C(=O)O)C1. The number of alkyl halides is 3. The molecule has 3 atom stereocenters. The molecular formula is C20H21F3N2O4. The third-order valence-electron chi connectivity index (χ3n) is 5.36. The van der Waals surface area contributed by atoms with Gasteiger partial charge in [0.1, 0.15) is 12.1 Å². The van der Waals surface area contributed by atoms with Crippen molar-refractivity contribution in [3.63, 3.8) is 0 Å². The molecule has 0 unspecified atom stereocenters. The zero-order chi connectivity index (χ0) is 21.3. The van der Waals surface area contributed by atoms with E-state index in [1.54, 1.807) is 6.08 Å². The molecule has 1 aromatic carbocycles. The fraction of sp³-hybridized carbons (Fsp3) is 0.450. The lowest BCUT2D eigenvalue weighted by Gasteiger charge is -2.33. The van der Waals surface area contributed by atoms with Crippen LogP contribution in [0.25, 0.3) is 0 Å². The number of amides is 2. The van der Waals surface area contributed by atoms with Gasteiger partial charge in [0.15, 0.2) is 0 Å². The molecule has 9 heteroatoms. The fourth-order valence-corrected chi connectivity index (χ4v) is 3.91. The second-order valence-electron chi connectivity index (χ2n) is 7.43. The summed E-state index contributed by atoms with van der Waals surface area (Å²) >= 11 is 0. The van der Waals surface area contributed by atoms with Gasteiger partial charge < -0.3 is 15.3 Å². The van der Waals surface area contributed by atoms with Gasteiger partial charge in [0, 0.05) is 11.6 Å². The van der Waals surface area contributed by atoms with E-state index in [2.05, 4.69) is 5.32 Å². The van der Waals surface area contributed by atoms with E-state index in [4.69, 9.17) is 0 Å². The maximum absolute atomic E-state index is 13.0. The van der Waals surface area contributed by atoms with Crippen molar-refractivity contribution in [1.82, 2.24) is 10.2 Å². The highest BCUT2D eigenvalue weighted by Gasteiger charge is 2.44. The summed E-state index contributed by atoms with van der Waals surface area (Å²) in [4.78, 5) is 38.4. The minimum absolute atomic E-state index is 0.144. The zero-order valence-electron chi connectivity index (χ0n) is 15.7. The molecule has 0 bridgehead atoms. The van der Waals surface area contributed by atoms with Crippen LogP contribution in [0, 0.1) is 0 Å². The molecule has 1 aromatic rings. The average Bonchev–Trinajstić information content (AvgIpc) is 3.06. The van der Waals surface area contributed by atoms with Crippen molar-refractivity contribution >= 4 is 17.8 Å². The minimum Gasteiger partial charge on any atom is -0.480 e. The molecule has 1 saturated heterocycles. The molecule has 6 nitrogen and oxygen atoms in total. The molecule has 2 aliphatic rings.